The van der Waals surface area contributed by atoms with Crippen molar-refractivity contribution in [2.24, 2.45) is 0 Å². The van der Waals surface area contributed by atoms with Crippen LogP contribution in [-0.4, -0.2) is 35.2 Å². The van der Waals surface area contributed by atoms with Crippen molar-refractivity contribution >= 4 is 28.4 Å². The van der Waals surface area contributed by atoms with Crippen molar-refractivity contribution in [3.63, 3.8) is 0 Å². The molecule has 0 aliphatic carbocycles. The second-order valence-corrected chi connectivity index (χ2v) is 5.39. The lowest BCUT2D eigenvalue weighted by molar-refractivity contribution is 0.0697. The molecule has 0 aliphatic heterocycles. The molecular weight excluding hydrogens is 306 g/mol. The number of methoxy groups -OCH3 is 1. The Morgan fingerprint density at radius 1 is 1.12 bits per heavy atom. The Morgan fingerprint density at radius 2 is 1.83 bits per heavy atom. The number of fused-ring (bicyclic) bond motifs is 1. The molecule has 24 heavy (non-hydrogen) atoms. The number of aryl methyl sites for hydroxylation is 1. The zero-order chi connectivity index (χ0) is 17.3. The van der Waals surface area contributed by atoms with Gasteiger partial charge in [-0.25, -0.2) is 14.8 Å². The van der Waals surface area contributed by atoms with Gasteiger partial charge in [0.1, 0.15) is 17.4 Å². The number of carbonyl (C=O) groups is 1. The van der Waals surface area contributed by atoms with Crippen LogP contribution in [0.1, 0.15) is 16.2 Å². The van der Waals surface area contributed by atoms with Gasteiger partial charge >= 0.3 is 5.97 Å². The average Bonchev–Trinajstić information content (AvgIpc) is 2.59. The van der Waals surface area contributed by atoms with E-state index in [9.17, 15) is 4.79 Å². The number of aromatic carboxylic acids is 1. The molecule has 0 saturated carbocycles. The average molecular weight is 323 g/mol. The first-order chi connectivity index (χ1) is 11.5. The summed E-state index contributed by atoms with van der Waals surface area (Å²) in [5.41, 5.74) is 1.76. The van der Waals surface area contributed by atoms with Gasteiger partial charge < -0.3 is 14.7 Å². The number of benzene rings is 2. The lowest BCUT2D eigenvalue weighted by atomic mass is 10.1. The van der Waals surface area contributed by atoms with Gasteiger partial charge in [0.05, 0.1) is 18.2 Å². The van der Waals surface area contributed by atoms with Crippen LogP contribution in [-0.2, 0) is 0 Å². The summed E-state index contributed by atoms with van der Waals surface area (Å²) in [4.78, 5) is 22.0. The summed E-state index contributed by atoms with van der Waals surface area (Å²) in [7, 11) is 3.54. The largest absolute Gasteiger partial charge is 0.497 e. The van der Waals surface area contributed by atoms with E-state index in [1.807, 2.05) is 36.2 Å². The molecule has 6 nitrogen and oxygen atoms in total. The molecule has 0 aliphatic rings. The highest BCUT2D eigenvalue weighted by atomic mass is 16.5. The Labute approximate surface area is 139 Å². The van der Waals surface area contributed by atoms with Crippen LogP contribution in [0.25, 0.3) is 10.9 Å². The monoisotopic (exact) mass is 323 g/mol. The molecular formula is C18H17N3O3. The number of ether oxygens (including phenoxy) is 1. The highest BCUT2D eigenvalue weighted by Gasteiger charge is 2.14. The van der Waals surface area contributed by atoms with Gasteiger partial charge in [-0.3, -0.25) is 0 Å². The van der Waals surface area contributed by atoms with Gasteiger partial charge in [-0.05, 0) is 49.4 Å². The number of rotatable bonds is 4. The second-order valence-electron chi connectivity index (χ2n) is 5.39. The third-order valence-electron chi connectivity index (χ3n) is 3.81. The lowest BCUT2D eigenvalue weighted by Crippen LogP contribution is -2.13. The summed E-state index contributed by atoms with van der Waals surface area (Å²) in [5, 5.41) is 9.95. The van der Waals surface area contributed by atoms with E-state index < -0.39 is 5.97 Å². The number of hydrogen-bond acceptors (Lipinski definition) is 5. The number of aromatic nitrogens is 2. The minimum atomic E-state index is -0.974. The zero-order valence-corrected chi connectivity index (χ0v) is 13.6. The van der Waals surface area contributed by atoms with Gasteiger partial charge in [0, 0.05) is 18.1 Å². The molecule has 3 aromatic rings. The number of nitrogens with zero attached hydrogens (tertiary/aromatic N) is 3. The predicted octanol–water partition coefficient (Wildman–Crippen LogP) is 3.41. The fraction of sp³-hybridized carbons (Fsp3) is 0.167. The first-order valence-corrected chi connectivity index (χ1v) is 7.39. The fourth-order valence-electron chi connectivity index (χ4n) is 2.54. The van der Waals surface area contributed by atoms with E-state index >= 15 is 0 Å². The van der Waals surface area contributed by atoms with Crippen molar-refractivity contribution in [1.82, 2.24) is 9.97 Å². The van der Waals surface area contributed by atoms with E-state index in [1.165, 1.54) is 0 Å². The van der Waals surface area contributed by atoms with Gasteiger partial charge in [0.2, 0.25) is 0 Å². The highest BCUT2D eigenvalue weighted by molar-refractivity contribution is 5.97. The molecule has 1 aromatic heterocycles. The molecule has 0 bridgehead atoms. The Balaban J connectivity index is 2.11. The molecule has 0 unspecified atom stereocenters. The van der Waals surface area contributed by atoms with Crippen molar-refractivity contribution < 1.29 is 14.6 Å². The number of carboxylic acid groups (broad SMARTS) is 1. The summed E-state index contributed by atoms with van der Waals surface area (Å²) in [6.45, 7) is 1.79. The molecule has 0 amide bonds. The maximum absolute atomic E-state index is 11.2. The third-order valence-corrected chi connectivity index (χ3v) is 3.81. The zero-order valence-electron chi connectivity index (χ0n) is 13.6. The molecule has 1 N–H and O–H groups in total. The van der Waals surface area contributed by atoms with Crippen LogP contribution < -0.4 is 9.64 Å². The van der Waals surface area contributed by atoms with E-state index in [2.05, 4.69) is 9.97 Å². The molecule has 0 atom stereocenters. The minimum absolute atomic E-state index is 0.207. The Kier molecular flexibility index (Phi) is 4.04. The molecule has 122 valence electrons. The summed E-state index contributed by atoms with van der Waals surface area (Å²) < 4.78 is 5.18. The van der Waals surface area contributed by atoms with E-state index in [-0.39, 0.29) is 5.56 Å². The Bertz CT molecular complexity index is 907. The third kappa shape index (κ3) is 2.86. The van der Waals surface area contributed by atoms with Gasteiger partial charge in [-0.15, -0.1) is 0 Å². The van der Waals surface area contributed by atoms with Crippen LogP contribution in [0, 0.1) is 6.92 Å². The summed E-state index contributed by atoms with van der Waals surface area (Å²) in [5.74, 6) is 1.11. The minimum Gasteiger partial charge on any atom is -0.497 e. The van der Waals surface area contributed by atoms with Crippen LogP contribution in [0.15, 0.2) is 42.5 Å². The van der Waals surface area contributed by atoms with Crippen LogP contribution >= 0.6 is 0 Å². The molecule has 0 spiro atoms. The maximum atomic E-state index is 11.2. The fourth-order valence-corrected chi connectivity index (χ4v) is 2.54. The molecule has 1 heterocycles. The normalized spacial score (nSPS) is 10.6. The number of hydrogen-bond donors (Lipinski definition) is 1. The maximum Gasteiger partial charge on any atom is 0.335 e. The number of carboxylic acids is 1. The smallest absolute Gasteiger partial charge is 0.335 e. The first-order valence-electron chi connectivity index (χ1n) is 7.39. The van der Waals surface area contributed by atoms with E-state index in [4.69, 9.17) is 9.84 Å². The molecule has 0 saturated heterocycles. The quantitative estimate of drug-likeness (QED) is 0.793. The summed E-state index contributed by atoms with van der Waals surface area (Å²) >= 11 is 0. The molecule has 0 radical (unpaired) electrons. The Hall–Kier alpha value is -3.15. The van der Waals surface area contributed by atoms with Crippen molar-refractivity contribution in [2.75, 3.05) is 19.1 Å². The molecule has 3 rings (SSSR count). The summed E-state index contributed by atoms with van der Waals surface area (Å²) in [6.07, 6.45) is 0. The standard InChI is InChI=1S/C18H17N3O3/c1-11-19-16-10-12(18(22)23)4-9-15(16)17(20-11)21(2)13-5-7-14(24-3)8-6-13/h4-10H,1-3H3,(H,22,23). The predicted molar refractivity (Wildman–Crippen MR) is 92.3 cm³/mol. The van der Waals surface area contributed by atoms with Crippen LogP contribution in [0.4, 0.5) is 11.5 Å². The van der Waals surface area contributed by atoms with Crippen LogP contribution in [0.2, 0.25) is 0 Å². The van der Waals surface area contributed by atoms with Crippen LogP contribution in [0.3, 0.4) is 0 Å². The van der Waals surface area contributed by atoms with Crippen molar-refractivity contribution in [1.29, 1.82) is 0 Å². The van der Waals surface area contributed by atoms with E-state index in [1.54, 1.807) is 32.2 Å². The summed E-state index contributed by atoms with van der Waals surface area (Å²) in [6, 6.07) is 12.5. The second kappa shape index (κ2) is 6.16. The highest BCUT2D eigenvalue weighted by Crippen LogP contribution is 2.30. The molecule has 2 aromatic carbocycles. The number of anilines is 2. The Morgan fingerprint density at radius 3 is 2.46 bits per heavy atom. The first kappa shape index (κ1) is 15.7. The lowest BCUT2D eigenvalue weighted by Gasteiger charge is -2.20. The molecule has 6 heteroatoms. The topological polar surface area (TPSA) is 75.5 Å². The van der Waals surface area contributed by atoms with Gasteiger partial charge in [-0.1, -0.05) is 0 Å². The van der Waals surface area contributed by atoms with E-state index in [0.717, 1.165) is 22.6 Å². The van der Waals surface area contributed by atoms with Gasteiger partial charge in [0.25, 0.3) is 0 Å². The van der Waals surface area contributed by atoms with Crippen LogP contribution in [0.5, 0.6) is 5.75 Å². The molecule has 0 fully saturated rings. The van der Waals surface area contributed by atoms with Gasteiger partial charge in [0.15, 0.2) is 0 Å². The SMILES string of the molecule is COc1ccc(N(C)c2nc(C)nc3cc(C(=O)O)ccc23)cc1. The van der Waals surface area contributed by atoms with Crippen molar-refractivity contribution in [3.05, 3.63) is 53.9 Å². The van der Waals surface area contributed by atoms with Gasteiger partial charge in [-0.2, -0.15) is 0 Å². The van der Waals surface area contributed by atoms with E-state index in [0.29, 0.717) is 11.3 Å². The van der Waals surface area contributed by atoms with Crippen molar-refractivity contribution in [3.8, 4) is 5.75 Å². The van der Waals surface area contributed by atoms with Crippen molar-refractivity contribution in [2.45, 2.75) is 6.92 Å².